The summed E-state index contributed by atoms with van der Waals surface area (Å²) in [6.45, 7) is 6.10. The molecule has 0 aliphatic rings. The van der Waals surface area contributed by atoms with Crippen LogP contribution in [0.3, 0.4) is 0 Å². The number of nitrogens with two attached hydrogens (primary N) is 1. The second kappa shape index (κ2) is 6.55. The van der Waals surface area contributed by atoms with Crippen molar-refractivity contribution in [1.29, 1.82) is 0 Å². The number of nitrogens with one attached hydrogen (secondary N) is 1. The second-order valence-electron chi connectivity index (χ2n) is 5.48. The van der Waals surface area contributed by atoms with Gasteiger partial charge in [-0.1, -0.05) is 54.1 Å². The van der Waals surface area contributed by atoms with Crippen molar-refractivity contribution in [2.24, 2.45) is 5.73 Å². The lowest BCUT2D eigenvalue weighted by atomic mass is 9.99. The van der Waals surface area contributed by atoms with Gasteiger partial charge in [-0.15, -0.1) is 0 Å². The summed E-state index contributed by atoms with van der Waals surface area (Å²) >= 11 is 0. The van der Waals surface area contributed by atoms with E-state index in [-0.39, 0.29) is 11.9 Å². The zero-order valence-corrected chi connectivity index (χ0v) is 12.8. The maximum absolute atomic E-state index is 12.3. The first-order valence-corrected chi connectivity index (χ1v) is 7.17. The molecular weight excluding hydrogens is 260 g/mol. The van der Waals surface area contributed by atoms with E-state index in [4.69, 9.17) is 5.73 Å². The van der Waals surface area contributed by atoms with Gasteiger partial charge in [-0.05, 0) is 37.5 Å². The van der Waals surface area contributed by atoms with Gasteiger partial charge in [-0.25, -0.2) is 0 Å². The van der Waals surface area contributed by atoms with Crippen LogP contribution in [0.1, 0.15) is 41.3 Å². The summed E-state index contributed by atoms with van der Waals surface area (Å²) in [7, 11) is 0. The molecule has 0 saturated carbocycles. The average molecular weight is 282 g/mol. The van der Waals surface area contributed by atoms with Crippen LogP contribution in [-0.4, -0.2) is 5.91 Å². The Morgan fingerprint density at radius 1 is 1.10 bits per heavy atom. The lowest BCUT2D eigenvalue weighted by molar-refractivity contribution is -0.123. The van der Waals surface area contributed by atoms with E-state index in [1.807, 2.05) is 37.3 Å². The quantitative estimate of drug-likeness (QED) is 0.905. The molecule has 2 rings (SSSR count). The topological polar surface area (TPSA) is 55.1 Å². The van der Waals surface area contributed by atoms with E-state index in [0.717, 1.165) is 11.1 Å². The van der Waals surface area contributed by atoms with E-state index in [1.165, 1.54) is 11.1 Å². The van der Waals surface area contributed by atoms with Crippen molar-refractivity contribution in [3.8, 4) is 0 Å². The van der Waals surface area contributed by atoms with Crippen molar-refractivity contribution in [1.82, 2.24) is 5.32 Å². The summed E-state index contributed by atoms with van der Waals surface area (Å²) in [5.74, 6) is -0.159. The maximum Gasteiger partial charge on any atom is 0.241 e. The standard InChI is InChI=1S/C18H22N2O/c1-12-9-10-16(13(2)11-12)14(3)20-18(21)17(19)15-7-5-4-6-8-15/h4-11,14,17H,19H2,1-3H3,(H,20,21)/t14?,17-/m0/s1. The largest absolute Gasteiger partial charge is 0.348 e. The van der Waals surface area contributed by atoms with Gasteiger partial charge in [0.15, 0.2) is 0 Å². The molecule has 0 aromatic heterocycles. The number of carbonyl (C=O) groups excluding carboxylic acids is 1. The second-order valence-corrected chi connectivity index (χ2v) is 5.48. The molecule has 0 fully saturated rings. The van der Waals surface area contributed by atoms with E-state index in [2.05, 4.69) is 37.4 Å². The van der Waals surface area contributed by atoms with Crippen LogP contribution < -0.4 is 11.1 Å². The van der Waals surface area contributed by atoms with Crippen molar-refractivity contribution >= 4 is 5.91 Å². The summed E-state index contributed by atoms with van der Waals surface area (Å²) in [5.41, 5.74) is 10.4. The Kier molecular flexibility index (Phi) is 4.76. The zero-order valence-electron chi connectivity index (χ0n) is 12.8. The smallest absolute Gasteiger partial charge is 0.241 e. The predicted octanol–water partition coefficient (Wildman–Crippen LogP) is 3.18. The number of carbonyl (C=O) groups is 1. The number of benzene rings is 2. The van der Waals surface area contributed by atoms with Crippen LogP contribution in [0.4, 0.5) is 0 Å². The first-order chi connectivity index (χ1) is 9.99. The molecule has 0 radical (unpaired) electrons. The third-order valence-corrected chi connectivity index (χ3v) is 3.69. The van der Waals surface area contributed by atoms with Crippen LogP contribution in [0.25, 0.3) is 0 Å². The van der Waals surface area contributed by atoms with Gasteiger partial charge in [0.1, 0.15) is 6.04 Å². The molecule has 3 N–H and O–H groups in total. The Morgan fingerprint density at radius 2 is 1.76 bits per heavy atom. The molecule has 0 heterocycles. The van der Waals surface area contributed by atoms with Crippen LogP contribution in [0.15, 0.2) is 48.5 Å². The van der Waals surface area contributed by atoms with Gasteiger partial charge < -0.3 is 11.1 Å². The monoisotopic (exact) mass is 282 g/mol. The van der Waals surface area contributed by atoms with E-state index < -0.39 is 6.04 Å². The Bertz CT molecular complexity index is 622. The highest BCUT2D eigenvalue weighted by atomic mass is 16.2. The molecule has 0 spiro atoms. The summed E-state index contributed by atoms with van der Waals surface area (Å²) < 4.78 is 0. The minimum atomic E-state index is -0.639. The number of aryl methyl sites for hydroxylation is 2. The highest BCUT2D eigenvalue weighted by molar-refractivity contribution is 5.83. The highest BCUT2D eigenvalue weighted by Crippen LogP contribution is 2.19. The summed E-state index contributed by atoms with van der Waals surface area (Å²) in [4.78, 5) is 12.3. The highest BCUT2D eigenvalue weighted by Gasteiger charge is 2.18. The lowest BCUT2D eigenvalue weighted by Crippen LogP contribution is -2.35. The Morgan fingerprint density at radius 3 is 2.38 bits per heavy atom. The minimum absolute atomic E-state index is 0.0622. The van der Waals surface area contributed by atoms with Crippen LogP contribution in [0.2, 0.25) is 0 Å². The average Bonchev–Trinajstić information content (AvgIpc) is 2.47. The number of amides is 1. The molecule has 110 valence electrons. The van der Waals surface area contributed by atoms with Crippen molar-refractivity contribution in [3.05, 3.63) is 70.8 Å². The van der Waals surface area contributed by atoms with Crippen molar-refractivity contribution in [3.63, 3.8) is 0 Å². The van der Waals surface area contributed by atoms with Crippen molar-refractivity contribution in [2.75, 3.05) is 0 Å². The molecule has 2 aromatic carbocycles. The summed E-state index contributed by atoms with van der Waals surface area (Å²) in [6, 6.07) is 14.9. The third-order valence-electron chi connectivity index (χ3n) is 3.69. The molecule has 3 heteroatoms. The number of hydrogen-bond acceptors (Lipinski definition) is 2. The fraction of sp³-hybridized carbons (Fsp3) is 0.278. The first kappa shape index (κ1) is 15.3. The molecule has 21 heavy (non-hydrogen) atoms. The molecule has 0 aliphatic heterocycles. The fourth-order valence-corrected chi connectivity index (χ4v) is 2.50. The summed E-state index contributed by atoms with van der Waals surface area (Å²) in [5, 5.41) is 2.99. The van der Waals surface area contributed by atoms with Gasteiger partial charge in [0.05, 0.1) is 6.04 Å². The van der Waals surface area contributed by atoms with Gasteiger partial charge in [0, 0.05) is 0 Å². The summed E-state index contributed by atoms with van der Waals surface area (Å²) in [6.07, 6.45) is 0. The van der Waals surface area contributed by atoms with E-state index in [0.29, 0.717) is 0 Å². The van der Waals surface area contributed by atoms with Gasteiger partial charge in [-0.3, -0.25) is 4.79 Å². The van der Waals surface area contributed by atoms with Crippen LogP contribution >= 0.6 is 0 Å². The number of hydrogen-bond donors (Lipinski definition) is 2. The molecular formula is C18H22N2O. The van der Waals surface area contributed by atoms with Gasteiger partial charge in [-0.2, -0.15) is 0 Å². The van der Waals surface area contributed by atoms with Crippen LogP contribution in [0.5, 0.6) is 0 Å². The maximum atomic E-state index is 12.3. The lowest BCUT2D eigenvalue weighted by Gasteiger charge is -2.20. The van der Waals surface area contributed by atoms with E-state index in [1.54, 1.807) is 0 Å². The Balaban J connectivity index is 2.08. The van der Waals surface area contributed by atoms with E-state index >= 15 is 0 Å². The van der Waals surface area contributed by atoms with Crippen LogP contribution in [-0.2, 0) is 4.79 Å². The minimum Gasteiger partial charge on any atom is -0.348 e. The van der Waals surface area contributed by atoms with Crippen LogP contribution in [0, 0.1) is 13.8 Å². The predicted molar refractivity (Wildman–Crippen MR) is 85.8 cm³/mol. The zero-order chi connectivity index (χ0) is 15.4. The molecule has 1 unspecified atom stereocenters. The van der Waals surface area contributed by atoms with Gasteiger partial charge in [0.25, 0.3) is 0 Å². The molecule has 2 aromatic rings. The molecule has 1 amide bonds. The molecule has 0 bridgehead atoms. The number of rotatable bonds is 4. The molecule has 2 atom stereocenters. The third kappa shape index (κ3) is 3.70. The Hall–Kier alpha value is -2.13. The first-order valence-electron chi connectivity index (χ1n) is 7.17. The van der Waals surface area contributed by atoms with Gasteiger partial charge in [0.2, 0.25) is 5.91 Å². The SMILES string of the molecule is Cc1ccc(C(C)NC(=O)[C@@H](N)c2ccccc2)c(C)c1. The van der Waals surface area contributed by atoms with Crippen molar-refractivity contribution in [2.45, 2.75) is 32.9 Å². The molecule has 0 saturated heterocycles. The van der Waals surface area contributed by atoms with Crippen molar-refractivity contribution < 1.29 is 4.79 Å². The van der Waals surface area contributed by atoms with E-state index in [9.17, 15) is 4.79 Å². The Labute approximate surface area is 126 Å². The molecule has 3 nitrogen and oxygen atoms in total. The van der Waals surface area contributed by atoms with Gasteiger partial charge >= 0.3 is 0 Å². The normalized spacial score (nSPS) is 13.5. The molecule has 0 aliphatic carbocycles. The fourth-order valence-electron chi connectivity index (χ4n) is 2.50.